The number of hydrazine groups is 1. The number of nitrogens with two attached hydrogens (primary N) is 1. The Hall–Kier alpha value is -0.970. The minimum absolute atomic E-state index is 0.243. The Bertz CT molecular complexity index is 291. The van der Waals surface area contributed by atoms with Crippen LogP contribution in [0.3, 0.4) is 0 Å². The third-order valence-electron chi connectivity index (χ3n) is 1.39. The Morgan fingerprint density at radius 1 is 1.54 bits per heavy atom. The maximum Gasteiger partial charge on any atom is 0.130 e. The summed E-state index contributed by atoms with van der Waals surface area (Å²) in [6.07, 6.45) is 1.70. The second kappa shape index (κ2) is 4.91. The number of nitrogens with zero attached hydrogens (tertiary/aromatic N) is 1. The molecule has 0 unspecified atom stereocenters. The van der Waals surface area contributed by atoms with E-state index in [0.29, 0.717) is 6.54 Å². The van der Waals surface area contributed by atoms with Gasteiger partial charge in [-0.3, -0.25) is 5.84 Å². The minimum atomic E-state index is 0.243. The smallest absolute Gasteiger partial charge is 0.130 e. The number of hydrogen-bond donors (Lipinski definition) is 2. The molecule has 70 valence electrons. The van der Waals surface area contributed by atoms with Crippen LogP contribution in [-0.4, -0.2) is 16.1 Å². The van der Waals surface area contributed by atoms with Gasteiger partial charge in [-0.2, -0.15) is 4.41 Å². The van der Waals surface area contributed by atoms with Crippen LogP contribution in [0.15, 0.2) is 41.8 Å². The molecule has 0 saturated carbocycles. The lowest BCUT2D eigenvalue weighted by Crippen LogP contribution is -2.22. The van der Waals surface area contributed by atoms with E-state index < -0.39 is 0 Å². The number of para-hydroxylation sites is 1. The molecule has 0 saturated heterocycles. The van der Waals surface area contributed by atoms with Crippen LogP contribution >= 0.6 is 11.9 Å². The van der Waals surface area contributed by atoms with Crippen molar-refractivity contribution in [2.24, 2.45) is 5.84 Å². The molecule has 1 aromatic rings. The first kappa shape index (κ1) is 10.1. The maximum atomic E-state index is 9.40. The van der Waals surface area contributed by atoms with Crippen LogP contribution in [0.25, 0.3) is 0 Å². The van der Waals surface area contributed by atoms with Gasteiger partial charge in [0.1, 0.15) is 5.75 Å². The van der Waals surface area contributed by atoms with E-state index in [1.807, 2.05) is 12.1 Å². The van der Waals surface area contributed by atoms with Gasteiger partial charge < -0.3 is 5.11 Å². The molecule has 1 aromatic carbocycles. The van der Waals surface area contributed by atoms with Crippen molar-refractivity contribution in [3.63, 3.8) is 0 Å². The molecule has 0 atom stereocenters. The van der Waals surface area contributed by atoms with E-state index >= 15 is 0 Å². The average Bonchev–Trinajstić information content (AvgIpc) is 2.09. The Balaban J connectivity index is 2.63. The molecular formula is C9H12N2OS. The van der Waals surface area contributed by atoms with Gasteiger partial charge in [-0.05, 0) is 24.1 Å². The maximum absolute atomic E-state index is 9.40. The summed E-state index contributed by atoms with van der Waals surface area (Å²) in [5.41, 5.74) is 0. The monoisotopic (exact) mass is 196 g/mol. The molecule has 0 aliphatic heterocycles. The molecule has 0 amide bonds. The first-order valence-electron chi connectivity index (χ1n) is 3.83. The number of benzene rings is 1. The molecule has 0 aliphatic carbocycles. The third kappa shape index (κ3) is 3.10. The van der Waals surface area contributed by atoms with Crippen molar-refractivity contribution in [2.75, 3.05) is 6.54 Å². The SMILES string of the molecule is C=CCN(N)Sc1ccccc1O. The summed E-state index contributed by atoms with van der Waals surface area (Å²) in [4.78, 5) is 0.742. The van der Waals surface area contributed by atoms with Crippen LogP contribution in [0.4, 0.5) is 0 Å². The van der Waals surface area contributed by atoms with Crippen molar-refractivity contribution >= 4 is 11.9 Å². The second-order valence-electron chi connectivity index (χ2n) is 2.45. The summed E-state index contributed by atoms with van der Waals surface area (Å²) in [5, 5.41) is 9.40. The zero-order chi connectivity index (χ0) is 9.68. The summed E-state index contributed by atoms with van der Waals surface area (Å²) < 4.78 is 1.50. The number of phenolic OH excluding ortho intramolecular Hbond substituents is 1. The van der Waals surface area contributed by atoms with Crippen molar-refractivity contribution in [3.8, 4) is 5.75 Å². The highest BCUT2D eigenvalue weighted by atomic mass is 32.2. The molecular weight excluding hydrogens is 184 g/mol. The second-order valence-corrected chi connectivity index (χ2v) is 3.54. The first-order chi connectivity index (χ1) is 6.24. The van der Waals surface area contributed by atoms with Gasteiger partial charge in [0.05, 0.1) is 4.90 Å². The molecule has 13 heavy (non-hydrogen) atoms. The van der Waals surface area contributed by atoms with E-state index in [4.69, 9.17) is 5.84 Å². The third-order valence-corrected chi connectivity index (χ3v) is 2.32. The molecule has 0 spiro atoms. The molecule has 0 bridgehead atoms. The highest BCUT2D eigenvalue weighted by Crippen LogP contribution is 2.28. The largest absolute Gasteiger partial charge is 0.507 e. The first-order valence-corrected chi connectivity index (χ1v) is 4.60. The van der Waals surface area contributed by atoms with Gasteiger partial charge >= 0.3 is 0 Å². The van der Waals surface area contributed by atoms with E-state index in [-0.39, 0.29) is 5.75 Å². The van der Waals surface area contributed by atoms with Crippen molar-refractivity contribution in [1.82, 2.24) is 4.41 Å². The fourth-order valence-corrected chi connectivity index (χ4v) is 1.56. The van der Waals surface area contributed by atoms with E-state index in [1.165, 1.54) is 16.4 Å². The van der Waals surface area contributed by atoms with Crippen LogP contribution in [0.2, 0.25) is 0 Å². The lowest BCUT2D eigenvalue weighted by Gasteiger charge is -2.12. The van der Waals surface area contributed by atoms with Gasteiger partial charge in [0, 0.05) is 6.54 Å². The summed E-state index contributed by atoms with van der Waals surface area (Å²) in [6, 6.07) is 7.06. The van der Waals surface area contributed by atoms with Crippen LogP contribution in [0.1, 0.15) is 0 Å². The topological polar surface area (TPSA) is 49.5 Å². The van der Waals surface area contributed by atoms with Gasteiger partial charge in [0.15, 0.2) is 0 Å². The Morgan fingerprint density at radius 2 is 2.23 bits per heavy atom. The van der Waals surface area contributed by atoms with E-state index in [9.17, 15) is 5.11 Å². The van der Waals surface area contributed by atoms with Crippen LogP contribution < -0.4 is 5.84 Å². The predicted octanol–water partition coefficient (Wildman–Crippen LogP) is 1.76. The fraction of sp³-hybridized carbons (Fsp3) is 0.111. The Labute approximate surface area is 82.0 Å². The lowest BCUT2D eigenvalue weighted by atomic mass is 10.3. The van der Waals surface area contributed by atoms with Gasteiger partial charge in [-0.25, -0.2) is 0 Å². The Morgan fingerprint density at radius 3 is 2.85 bits per heavy atom. The van der Waals surface area contributed by atoms with E-state index in [2.05, 4.69) is 6.58 Å². The van der Waals surface area contributed by atoms with E-state index in [0.717, 1.165) is 4.90 Å². The highest BCUT2D eigenvalue weighted by molar-refractivity contribution is 7.97. The van der Waals surface area contributed by atoms with Crippen LogP contribution in [0, 0.1) is 0 Å². The summed E-state index contributed by atoms with van der Waals surface area (Å²) in [7, 11) is 0. The number of rotatable bonds is 4. The zero-order valence-electron chi connectivity index (χ0n) is 7.18. The normalized spacial score (nSPS) is 10.3. The average molecular weight is 196 g/mol. The standard InChI is InChI=1S/C9H12N2OS/c1-2-7-11(10)13-9-6-4-3-5-8(9)12/h2-6,12H,1,7,10H2. The van der Waals surface area contributed by atoms with Crippen molar-refractivity contribution in [2.45, 2.75) is 4.90 Å². The minimum Gasteiger partial charge on any atom is -0.507 e. The van der Waals surface area contributed by atoms with Gasteiger partial charge in [-0.1, -0.05) is 18.2 Å². The van der Waals surface area contributed by atoms with Crippen LogP contribution in [-0.2, 0) is 0 Å². The zero-order valence-corrected chi connectivity index (χ0v) is 8.00. The quantitative estimate of drug-likeness (QED) is 0.333. The highest BCUT2D eigenvalue weighted by Gasteiger charge is 2.03. The summed E-state index contributed by atoms with van der Waals surface area (Å²) in [6.45, 7) is 4.14. The molecule has 0 aliphatic rings. The van der Waals surface area contributed by atoms with Crippen molar-refractivity contribution in [3.05, 3.63) is 36.9 Å². The van der Waals surface area contributed by atoms with Crippen molar-refractivity contribution < 1.29 is 5.11 Å². The molecule has 1 rings (SSSR count). The molecule has 4 heteroatoms. The molecule has 0 aromatic heterocycles. The molecule has 0 heterocycles. The molecule has 3 N–H and O–H groups in total. The van der Waals surface area contributed by atoms with Gasteiger partial charge in [0.2, 0.25) is 0 Å². The molecule has 3 nitrogen and oxygen atoms in total. The number of aromatic hydroxyl groups is 1. The predicted molar refractivity (Wildman–Crippen MR) is 55.1 cm³/mol. The fourth-order valence-electron chi connectivity index (χ4n) is 0.825. The summed E-state index contributed by atoms with van der Waals surface area (Å²) in [5.74, 6) is 5.84. The van der Waals surface area contributed by atoms with Gasteiger partial charge in [-0.15, -0.1) is 6.58 Å². The number of hydrogen-bond acceptors (Lipinski definition) is 4. The number of phenols is 1. The van der Waals surface area contributed by atoms with Crippen LogP contribution in [0.5, 0.6) is 5.75 Å². The molecule has 0 radical (unpaired) electrons. The Kier molecular flexibility index (Phi) is 3.82. The van der Waals surface area contributed by atoms with E-state index in [1.54, 1.807) is 18.2 Å². The lowest BCUT2D eigenvalue weighted by molar-refractivity contribution is 0.460. The molecule has 0 fully saturated rings. The van der Waals surface area contributed by atoms with Gasteiger partial charge in [0.25, 0.3) is 0 Å². The summed E-state index contributed by atoms with van der Waals surface area (Å²) >= 11 is 1.28. The van der Waals surface area contributed by atoms with Crippen molar-refractivity contribution in [1.29, 1.82) is 0 Å².